The number of aliphatic hydroxyl groups is 1. The van der Waals surface area contributed by atoms with Crippen LogP contribution in [0.5, 0.6) is 0 Å². The van der Waals surface area contributed by atoms with Crippen molar-refractivity contribution in [2.75, 3.05) is 6.54 Å². The normalized spacial score (nSPS) is 15.3. The number of nitrogens with one attached hydrogen (secondary N) is 1. The standard InChI is InChI=1S/C17H19NO2S/c19-14(12-6-2-1-3-7-12)11-18-17(20)16-10-13-8-4-5-9-15(13)21-16/h1-3,6-7,10,14,19H,4-5,8-9,11H2,(H,18,20). The van der Waals surface area contributed by atoms with Gasteiger partial charge in [0.2, 0.25) is 0 Å². The van der Waals surface area contributed by atoms with E-state index in [1.165, 1.54) is 23.3 Å². The lowest BCUT2D eigenvalue weighted by atomic mass is 9.99. The molecule has 21 heavy (non-hydrogen) atoms. The molecule has 1 aliphatic rings. The van der Waals surface area contributed by atoms with Crippen LogP contribution in [0.2, 0.25) is 0 Å². The Labute approximate surface area is 128 Å². The van der Waals surface area contributed by atoms with Gasteiger partial charge in [0.25, 0.3) is 5.91 Å². The first-order valence-electron chi connectivity index (χ1n) is 7.37. The summed E-state index contributed by atoms with van der Waals surface area (Å²) in [6.07, 6.45) is 3.97. The zero-order valence-electron chi connectivity index (χ0n) is 11.8. The van der Waals surface area contributed by atoms with Crippen molar-refractivity contribution in [3.8, 4) is 0 Å². The van der Waals surface area contributed by atoms with Gasteiger partial charge in [-0.2, -0.15) is 0 Å². The van der Waals surface area contributed by atoms with Crippen molar-refractivity contribution < 1.29 is 9.90 Å². The second kappa shape index (κ2) is 6.41. The number of rotatable bonds is 4. The largest absolute Gasteiger partial charge is 0.387 e. The fourth-order valence-corrected chi connectivity index (χ4v) is 3.84. The summed E-state index contributed by atoms with van der Waals surface area (Å²) < 4.78 is 0. The minimum Gasteiger partial charge on any atom is -0.387 e. The summed E-state index contributed by atoms with van der Waals surface area (Å²) in [6.45, 7) is 0.241. The highest BCUT2D eigenvalue weighted by Gasteiger charge is 2.17. The average Bonchev–Trinajstić information content (AvgIpc) is 2.97. The van der Waals surface area contributed by atoms with Crippen LogP contribution in [0.3, 0.4) is 0 Å². The smallest absolute Gasteiger partial charge is 0.261 e. The van der Waals surface area contributed by atoms with Crippen LogP contribution in [0.25, 0.3) is 0 Å². The zero-order chi connectivity index (χ0) is 14.7. The predicted octanol–water partition coefficient (Wildman–Crippen LogP) is 3.09. The van der Waals surface area contributed by atoms with Gasteiger partial charge in [-0.05, 0) is 42.9 Å². The molecule has 3 nitrogen and oxygen atoms in total. The summed E-state index contributed by atoms with van der Waals surface area (Å²) in [5, 5.41) is 12.9. The Kier molecular flexibility index (Phi) is 4.36. The quantitative estimate of drug-likeness (QED) is 0.911. The van der Waals surface area contributed by atoms with Gasteiger partial charge in [0.1, 0.15) is 0 Å². The van der Waals surface area contributed by atoms with Gasteiger partial charge >= 0.3 is 0 Å². The second-order valence-corrected chi connectivity index (χ2v) is 6.54. The maximum absolute atomic E-state index is 12.2. The molecule has 1 atom stereocenters. The van der Waals surface area contributed by atoms with Gasteiger partial charge < -0.3 is 10.4 Å². The molecule has 1 aliphatic carbocycles. The third-order valence-electron chi connectivity index (χ3n) is 3.86. The minimum absolute atomic E-state index is 0.0793. The second-order valence-electron chi connectivity index (χ2n) is 5.40. The fraction of sp³-hybridized carbons (Fsp3) is 0.353. The molecule has 2 aromatic rings. The molecule has 4 heteroatoms. The lowest BCUT2D eigenvalue weighted by Crippen LogP contribution is -2.27. The van der Waals surface area contributed by atoms with Crippen molar-refractivity contribution in [2.45, 2.75) is 31.8 Å². The van der Waals surface area contributed by atoms with E-state index >= 15 is 0 Å². The molecule has 1 amide bonds. The number of hydrogen-bond donors (Lipinski definition) is 2. The topological polar surface area (TPSA) is 49.3 Å². The molecular weight excluding hydrogens is 282 g/mol. The number of hydrogen-bond acceptors (Lipinski definition) is 3. The van der Waals surface area contributed by atoms with E-state index in [-0.39, 0.29) is 12.5 Å². The predicted molar refractivity (Wildman–Crippen MR) is 84.7 cm³/mol. The molecule has 0 radical (unpaired) electrons. The van der Waals surface area contributed by atoms with Gasteiger partial charge in [-0.1, -0.05) is 30.3 Å². The molecule has 110 valence electrons. The van der Waals surface area contributed by atoms with Crippen molar-refractivity contribution in [1.29, 1.82) is 0 Å². The van der Waals surface area contributed by atoms with Crippen LogP contribution in [0.4, 0.5) is 0 Å². The summed E-state index contributed by atoms with van der Waals surface area (Å²) in [5.74, 6) is -0.0793. The van der Waals surface area contributed by atoms with E-state index in [9.17, 15) is 9.90 Å². The Balaban J connectivity index is 1.60. The molecule has 0 bridgehead atoms. The van der Waals surface area contributed by atoms with Crippen LogP contribution in [0.15, 0.2) is 36.4 Å². The Bertz CT molecular complexity index is 597. The van der Waals surface area contributed by atoms with Crippen molar-refractivity contribution in [2.24, 2.45) is 0 Å². The van der Waals surface area contributed by atoms with E-state index in [1.807, 2.05) is 36.4 Å². The highest BCUT2D eigenvalue weighted by atomic mass is 32.1. The van der Waals surface area contributed by atoms with Gasteiger partial charge in [0.05, 0.1) is 11.0 Å². The monoisotopic (exact) mass is 301 g/mol. The molecule has 0 fully saturated rings. The first-order chi connectivity index (χ1) is 10.2. The molecule has 0 saturated heterocycles. The molecule has 1 unspecified atom stereocenters. The number of fused-ring (bicyclic) bond motifs is 1. The number of thiophene rings is 1. The number of carbonyl (C=O) groups excluding carboxylic acids is 1. The van der Waals surface area contributed by atoms with E-state index in [2.05, 4.69) is 5.32 Å². The van der Waals surface area contributed by atoms with E-state index < -0.39 is 6.10 Å². The molecule has 0 saturated carbocycles. The number of benzene rings is 1. The number of carbonyl (C=O) groups is 1. The number of amides is 1. The van der Waals surface area contributed by atoms with Crippen LogP contribution in [0.1, 0.15) is 44.6 Å². The zero-order valence-corrected chi connectivity index (χ0v) is 12.7. The Morgan fingerprint density at radius 2 is 2.00 bits per heavy atom. The van der Waals surface area contributed by atoms with Crippen LogP contribution in [0, 0.1) is 0 Å². The molecule has 1 aromatic carbocycles. The maximum atomic E-state index is 12.2. The van der Waals surface area contributed by atoms with E-state index in [1.54, 1.807) is 11.3 Å². The van der Waals surface area contributed by atoms with Gasteiger partial charge in [-0.3, -0.25) is 4.79 Å². The first-order valence-corrected chi connectivity index (χ1v) is 8.18. The molecule has 1 heterocycles. The molecule has 0 spiro atoms. The third kappa shape index (κ3) is 3.34. The van der Waals surface area contributed by atoms with Crippen molar-refractivity contribution in [3.05, 3.63) is 57.3 Å². The molecular formula is C17H19NO2S. The van der Waals surface area contributed by atoms with Crippen molar-refractivity contribution in [1.82, 2.24) is 5.32 Å². The Morgan fingerprint density at radius 3 is 2.76 bits per heavy atom. The van der Waals surface area contributed by atoms with Crippen LogP contribution in [-0.2, 0) is 12.8 Å². The van der Waals surface area contributed by atoms with Gasteiger partial charge in [0, 0.05) is 11.4 Å². The molecule has 3 rings (SSSR count). The fourth-order valence-electron chi connectivity index (χ4n) is 2.67. The van der Waals surface area contributed by atoms with Gasteiger partial charge in [-0.25, -0.2) is 0 Å². The lowest BCUT2D eigenvalue weighted by molar-refractivity contribution is 0.0920. The van der Waals surface area contributed by atoms with Crippen LogP contribution >= 0.6 is 11.3 Å². The minimum atomic E-state index is -0.662. The van der Waals surface area contributed by atoms with Gasteiger partial charge in [0.15, 0.2) is 0 Å². The Morgan fingerprint density at radius 1 is 1.24 bits per heavy atom. The first kappa shape index (κ1) is 14.3. The van der Waals surface area contributed by atoms with Crippen LogP contribution < -0.4 is 5.32 Å². The van der Waals surface area contributed by atoms with Crippen LogP contribution in [-0.4, -0.2) is 17.6 Å². The summed E-state index contributed by atoms with van der Waals surface area (Å²) in [7, 11) is 0. The van der Waals surface area contributed by atoms with E-state index in [0.717, 1.165) is 23.3 Å². The summed E-state index contributed by atoms with van der Waals surface area (Å²) >= 11 is 1.60. The third-order valence-corrected chi connectivity index (χ3v) is 5.10. The maximum Gasteiger partial charge on any atom is 0.261 e. The SMILES string of the molecule is O=C(NCC(O)c1ccccc1)c1cc2c(s1)CCCC2. The highest BCUT2D eigenvalue weighted by molar-refractivity contribution is 7.14. The lowest BCUT2D eigenvalue weighted by Gasteiger charge is -2.11. The van der Waals surface area contributed by atoms with Gasteiger partial charge in [-0.15, -0.1) is 11.3 Å². The summed E-state index contributed by atoms with van der Waals surface area (Å²) in [6, 6.07) is 11.4. The van der Waals surface area contributed by atoms with E-state index in [4.69, 9.17) is 0 Å². The highest BCUT2D eigenvalue weighted by Crippen LogP contribution is 2.29. The molecule has 1 aromatic heterocycles. The molecule has 2 N–H and O–H groups in total. The number of aryl methyl sites for hydroxylation is 2. The summed E-state index contributed by atoms with van der Waals surface area (Å²) in [5.41, 5.74) is 2.16. The van der Waals surface area contributed by atoms with Crippen molar-refractivity contribution in [3.63, 3.8) is 0 Å². The molecule has 0 aliphatic heterocycles. The van der Waals surface area contributed by atoms with E-state index in [0.29, 0.717) is 0 Å². The van der Waals surface area contributed by atoms with Crippen molar-refractivity contribution >= 4 is 17.2 Å². The Hall–Kier alpha value is -1.65. The average molecular weight is 301 g/mol. The number of aliphatic hydroxyl groups excluding tert-OH is 1. The summed E-state index contributed by atoms with van der Waals surface area (Å²) in [4.78, 5) is 14.3.